The molecule has 7 nitrogen and oxygen atoms in total. The monoisotopic (exact) mass is 409 g/mol. The Morgan fingerprint density at radius 2 is 2.13 bits per heavy atom. The average molecular weight is 409 g/mol. The van der Waals surface area contributed by atoms with Crippen LogP contribution in [0.5, 0.6) is 0 Å². The van der Waals surface area contributed by atoms with Gasteiger partial charge >= 0.3 is 0 Å². The van der Waals surface area contributed by atoms with Crippen LogP contribution < -0.4 is 5.32 Å². The molecule has 2 bridgehead atoms. The molecule has 5 heterocycles. The second-order valence-electron chi connectivity index (χ2n) is 8.17. The number of furan rings is 1. The highest BCUT2D eigenvalue weighted by Gasteiger charge is 2.43. The minimum absolute atomic E-state index is 0.0236. The standard InChI is InChI=1S/C22H24FN5O2/c23-17-5-3-15(4-6-17)21-14-28(26-25-21)12-18-10-16-7-8-27(18)13-20(16)22(29)24-11-19-2-1-9-30-19/h1-6,9,14,16,18,20H,7-8,10-13H2,(H,24,29)/t16-,18+,20+/m0/s1. The van der Waals surface area contributed by atoms with Crippen LogP contribution in [0.4, 0.5) is 4.39 Å². The van der Waals surface area contributed by atoms with E-state index in [0.29, 0.717) is 18.5 Å². The molecular weight excluding hydrogens is 385 g/mol. The Morgan fingerprint density at radius 3 is 2.87 bits per heavy atom. The lowest BCUT2D eigenvalue weighted by atomic mass is 9.75. The molecule has 30 heavy (non-hydrogen) atoms. The number of hydrogen-bond acceptors (Lipinski definition) is 5. The number of carbonyl (C=O) groups excluding carboxylic acids is 1. The minimum atomic E-state index is -0.264. The summed E-state index contributed by atoms with van der Waals surface area (Å²) in [4.78, 5) is 15.1. The zero-order valence-electron chi connectivity index (χ0n) is 16.6. The van der Waals surface area contributed by atoms with Crippen molar-refractivity contribution in [1.29, 1.82) is 0 Å². The van der Waals surface area contributed by atoms with Crippen molar-refractivity contribution in [3.05, 3.63) is 60.4 Å². The number of nitrogens with zero attached hydrogens (tertiary/aromatic N) is 4. The molecule has 3 aliphatic rings. The van der Waals surface area contributed by atoms with Gasteiger partial charge in [-0.15, -0.1) is 5.10 Å². The molecule has 3 saturated heterocycles. The smallest absolute Gasteiger partial charge is 0.225 e. The zero-order valence-corrected chi connectivity index (χ0v) is 16.6. The molecule has 1 amide bonds. The van der Waals surface area contributed by atoms with E-state index < -0.39 is 0 Å². The van der Waals surface area contributed by atoms with Crippen molar-refractivity contribution in [2.75, 3.05) is 13.1 Å². The Hall–Kier alpha value is -3.00. The van der Waals surface area contributed by atoms with E-state index in [2.05, 4.69) is 20.5 Å². The van der Waals surface area contributed by atoms with Crippen LogP contribution in [-0.4, -0.2) is 44.9 Å². The molecule has 0 spiro atoms. The lowest BCUT2D eigenvalue weighted by Gasteiger charge is -2.49. The number of hydrogen-bond donors (Lipinski definition) is 1. The van der Waals surface area contributed by atoms with Crippen molar-refractivity contribution in [1.82, 2.24) is 25.2 Å². The third kappa shape index (κ3) is 3.87. The number of fused-ring (bicyclic) bond motifs is 3. The molecule has 1 aromatic carbocycles. The highest BCUT2D eigenvalue weighted by Crippen LogP contribution is 2.37. The highest BCUT2D eigenvalue weighted by molar-refractivity contribution is 5.79. The summed E-state index contributed by atoms with van der Waals surface area (Å²) in [5.74, 6) is 1.02. The number of rotatable bonds is 6. The van der Waals surface area contributed by atoms with E-state index in [4.69, 9.17) is 4.42 Å². The predicted octanol–water partition coefficient (Wildman–Crippen LogP) is 2.70. The minimum Gasteiger partial charge on any atom is -0.467 e. The topological polar surface area (TPSA) is 76.2 Å². The Morgan fingerprint density at radius 1 is 1.27 bits per heavy atom. The van der Waals surface area contributed by atoms with Crippen LogP contribution in [0.2, 0.25) is 0 Å². The maximum atomic E-state index is 13.1. The molecule has 156 valence electrons. The van der Waals surface area contributed by atoms with E-state index in [0.717, 1.165) is 49.5 Å². The molecule has 2 aromatic heterocycles. The van der Waals surface area contributed by atoms with Crippen LogP contribution in [0.25, 0.3) is 11.3 Å². The van der Waals surface area contributed by atoms with E-state index >= 15 is 0 Å². The number of carbonyl (C=O) groups is 1. The second kappa shape index (κ2) is 8.02. The second-order valence-corrected chi connectivity index (χ2v) is 8.17. The lowest BCUT2D eigenvalue weighted by molar-refractivity contribution is -0.133. The van der Waals surface area contributed by atoms with E-state index in [1.165, 1.54) is 12.1 Å². The van der Waals surface area contributed by atoms with Gasteiger partial charge in [0.25, 0.3) is 0 Å². The molecule has 8 heteroatoms. The van der Waals surface area contributed by atoms with Crippen LogP contribution in [-0.2, 0) is 17.9 Å². The van der Waals surface area contributed by atoms with Gasteiger partial charge in [0, 0.05) is 18.2 Å². The first-order valence-electron chi connectivity index (χ1n) is 10.4. The fourth-order valence-corrected chi connectivity index (χ4v) is 4.70. The third-order valence-electron chi connectivity index (χ3n) is 6.31. The molecule has 6 rings (SSSR count). The molecule has 3 aromatic rings. The highest BCUT2D eigenvalue weighted by atomic mass is 19.1. The largest absolute Gasteiger partial charge is 0.467 e. The average Bonchev–Trinajstić information content (AvgIpc) is 3.45. The SMILES string of the molecule is O=C(NCc1ccco1)[C@@H]1CN2CC[C@H]1C[C@@H]2Cn1cc(-c2ccc(F)cc2)nn1. The molecule has 3 fully saturated rings. The van der Waals surface area contributed by atoms with Gasteiger partial charge in [0.1, 0.15) is 17.3 Å². The van der Waals surface area contributed by atoms with Crippen LogP contribution in [0.1, 0.15) is 18.6 Å². The third-order valence-corrected chi connectivity index (χ3v) is 6.31. The van der Waals surface area contributed by atoms with Gasteiger partial charge in [-0.1, -0.05) is 5.21 Å². The Kier molecular flexibility index (Phi) is 5.08. The molecule has 0 aliphatic carbocycles. The first kappa shape index (κ1) is 19.0. The number of aromatic nitrogens is 3. The van der Waals surface area contributed by atoms with Crippen molar-refractivity contribution in [2.24, 2.45) is 11.8 Å². The van der Waals surface area contributed by atoms with Gasteiger partial charge in [-0.3, -0.25) is 14.4 Å². The van der Waals surface area contributed by atoms with Gasteiger partial charge in [0.2, 0.25) is 5.91 Å². The van der Waals surface area contributed by atoms with Crippen molar-refractivity contribution >= 4 is 5.91 Å². The molecule has 1 unspecified atom stereocenters. The molecule has 3 aliphatic heterocycles. The summed E-state index contributed by atoms with van der Waals surface area (Å²) in [6.07, 6.45) is 5.55. The van der Waals surface area contributed by atoms with Gasteiger partial charge in [-0.2, -0.15) is 0 Å². The molecule has 0 saturated carbocycles. The molecule has 0 radical (unpaired) electrons. The summed E-state index contributed by atoms with van der Waals surface area (Å²) >= 11 is 0. The van der Waals surface area contributed by atoms with Crippen molar-refractivity contribution in [2.45, 2.75) is 32.0 Å². The van der Waals surface area contributed by atoms with E-state index in [-0.39, 0.29) is 17.6 Å². The zero-order chi connectivity index (χ0) is 20.5. The van der Waals surface area contributed by atoms with E-state index in [1.54, 1.807) is 18.4 Å². The first-order valence-corrected chi connectivity index (χ1v) is 10.4. The predicted molar refractivity (Wildman–Crippen MR) is 108 cm³/mol. The van der Waals surface area contributed by atoms with Crippen LogP contribution in [0, 0.1) is 17.7 Å². The van der Waals surface area contributed by atoms with E-state index in [1.807, 2.05) is 23.0 Å². The number of piperidine rings is 3. The molecular formula is C22H24FN5O2. The normalized spacial score (nSPS) is 25.4. The van der Waals surface area contributed by atoms with Gasteiger partial charge in [-0.25, -0.2) is 4.39 Å². The summed E-state index contributed by atoms with van der Waals surface area (Å²) in [7, 11) is 0. The fraction of sp³-hybridized carbons (Fsp3) is 0.409. The number of amides is 1. The molecule has 1 N–H and O–H groups in total. The van der Waals surface area contributed by atoms with Crippen LogP contribution >= 0.6 is 0 Å². The fourth-order valence-electron chi connectivity index (χ4n) is 4.70. The summed E-state index contributed by atoms with van der Waals surface area (Å²) in [6, 6.07) is 10.3. The van der Waals surface area contributed by atoms with Crippen molar-refractivity contribution in [3.8, 4) is 11.3 Å². The maximum absolute atomic E-state index is 13.1. The quantitative estimate of drug-likeness (QED) is 0.678. The summed E-state index contributed by atoms with van der Waals surface area (Å²) < 4.78 is 20.3. The first-order chi connectivity index (χ1) is 14.7. The number of nitrogens with one attached hydrogen (secondary N) is 1. The maximum Gasteiger partial charge on any atom is 0.225 e. The van der Waals surface area contributed by atoms with Gasteiger partial charge in [-0.05, 0) is 61.7 Å². The number of halogens is 1. The summed E-state index contributed by atoms with van der Waals surface area (Å²) in [5, 5.41) is 11.5. The number of benzene rings is 1. The van der Waals surface area contributed by atoms with Gasteiger partial charge in [0.05, 0.1) is 31.5 Å². The lowest BCUT2D eigenvalue weighted by Crippen LogP contribution is -2.57. The van der Waals surface area contributed by atoms with Crippen molar-refractivity contribution in [3.63, 3.8) is 0 Å². The van der Waals surface area contributed by atoms with Gasteiger partial charge < -0.3 is 9.73 Å². The Balaban J connectivity index is 1.19. The Labute approximate surface area is 173 Å². The Bertz CT molecular complexity index is 1000. The van der Waals surface area contributed by atoms with Crippen LogP contribution in [0.3, 0.4) is 0 Å². The summed E-state index contributed by atoms with van der Waals surface area (Å²) in [6.45, 7) is 2.96. The van der Waals surface area contributed by atoms with E-state index in [9.17, 15) is 9.18 Å². The van der Waals surface area contributed by atoms with Crippen LogP contribution in [0.15, 0.2) is 53.3 Å². The van der Waals surface area contributed by atoms with Gasteiger partial charge in [0.15, 0.2) is 0 Å². The summed E-state index contributed by atoms with van der Waals surface area (Å²) in [5.41, 5.74) is 1.59. The molecule has 4 atom stereocenters. The van der Waals surface area contributed by atoms with Crippen molar-refractivity contribution < 1.29 is 13.6 Å².